The van der Waals surface area contributed by atoms with Crippen LogP contribution in [-0.4, -0.2) is 20.3 Å². The van der Waals surface area contributed by atoms with Crippen molar-refractivity contribution < 1.29 is 4.52 Å². The summed E-state index contributed by atoms with van der Waals surface area (Å²) in [6, 6.07) is 9.88. The topological polar surface area (TPSA) is 76.7 Å². The molecule has 0 fully saturated rings. The summed E-state index contributed by atoms with van der Waals surface area (Å²) >= 11 is 3.05. The van der Waals surface area contributed by atoms with Gasteiger partial charge in [0.15, 0.2) is 10.2 Å². The third-order valence-corrected chi connectivity index (χ3v) is 4.61. The zero-order valence-electron chi connectivity index (χ0n) is 11.5. The maximum atomic E-state index is 5.16. The lowest BCUT2D eigenvalue weighted by Crippen LogP contribution is -1.88. The van der Waals surface area contributed by atoms with E-state index in [1.54, 1.807) is 18.7 Å². The molecular weight excluding hydrogens is 306 g/mol. The molecule has 0 aliphatic heterocycles. The van der Waals surface area contributed by atoms with Crippen LogP contribution in [0.5, 0.6) is 0 Å². The van der Waals surface area contributed by atoms with Gasteiger partial charge in [0.25, 0.3) is 0 Å². The summed E-state index contributed by atoms with van der Waals surface area (Å²) in [7, 11) is 0. The van der Waals surface area contributed by atoms with Gasteiger partial charge in [0.1, 0.15) is 0 Å². The first kappa shape index (κ1) is 14.0. The maximum Gasteiger partial charge on any atom is 0.239 e. The smallest absolute Gasteiger partial charge is 0.239 e. The summed E-state index contributed by atoms with van der Waals surface area (Å²) in [6.45, 7) is 3.81. The Hall–Kier alpha value is -1.93. The summed E-state index contributed by atoms with van der Waals surface area (Å²) < 4.78 is 6.02. The number of hydrogen-bond acceptors (Lipinski definition) is 8. The monoisotopic (exact) mass is 319 g/mol. The Morgan fingerprint density at radius 2 is 2.05 bits per heavy atom. The fourth-order valence-corrected chi connectivity index (χ4v) is 3.58. The molecule has 0 saturated carbocycles. The Labute approximate surface area is 130 Å². The predicted octanol–water partition coefficient (Wildman–Crippen LogP) is 3.83. The first-order valence-electron chi connectivity index (χ1n) is 6.33. The van der Waals surface area contributed by atoms with E-state index in [0.29, 0.717) is 11.7 Å². The van der Waals surface area contributed by atoms with Gasteiger partial charge >= 0.3 is 0 Å². The van der Waals surface area contributed by atoms with Gasteiger partial charge in [-0.1, -0.05) is 46.5 Å². The Morgan fingerprint density at radius 3 is 2.76 bits per heavy atom. The van der Waals surface area contributed by atoms with Crippen LogP contribution in [0.2, 0.25) is 0 Å². The van der Waals surface area contributed by atoms with E-state index < -0.39 is 0 Å². The molecule has 2 heterocycles. The van der Waals surface area contributed by atoms with Gasteiger partial charge in [-0.25, -0.2) is 0 Å². The Balaban J connectivity index is 1.65. The fourth-order valence-electron chi connectivity index (χ4n) is 1.63. The van der Waals surface area contributed by atoms with Gasteiger partial charge in [-0.15, -0.1) is 10.2 Å². The molecule has 0 radical (unpaired) electrons. The normalized spacial score (nSPS) is 12.3. The van der Waals surface area contributed by atoms with E-state index in [9.17, 15) is 0 Å². The molecule has 0 saturated heterocycles. The molecule has 1 aromatic carbocycles. The second-order valence-corrected chi connectivity index (χ2v) is 6.87. The molecule has 21 heavy (non-hydrogen) atoms. The van der Waals surface area contributed by atoms with Crippen molar-refractivity contribution in [2.75, 3.05) is 5.32 Å². The predicted molar refractivity (Wildman–Crippen MR) is 82.9 cm³/mol. The quantitative estimate of drug-likeness (QED) is 0.716. The molecule has 0 spiro atoms. The molecule has 3 rings (SSSR count). The Morgan fingerprint density at radius 1 is 1.24 bits per heavy atom. The molecule has 1 N–H and O–H groups in total. The van der Waals surface area contributed by atoms with Gasteiger partial charge in [-0.2, -0.15) is 4.98 Å². The lowest BCUT2D eigenvalue weighted by molar-refractivity contribution is 0.376. The van der Waals surface area contributed by atoms with Crippen molar-refractivity contribution in [1.29, 1.82) is 0 Å². The van der Waals surface area contributed by atoms with Gasteiger partial charge in [-0.3, -0.25) is 0 Å². The molecular formula is C13H13N5OS2. The zero-order valence-corrected chi connectivity index (χ0v) is 13.1. The molecule has 2 aromatic heterocycles. The zero-order chi connectivity index (χ0) is 14.7. The van der Waals surface area contributed by atoms with E-state index in [0.717, 1.165) is 15.2 Å². The van der Waals surface area contributed by atoms with Crippen molar-refractivity contribution in [1.82, 2.24) is 20.3 Å². The van der Waals surface area contributed by atoms with E-state index in [1.807, 2.05) is 37.3 Å². The Bertz CT molecular complexity index is 712. The summed E-state index contributed by atoms with van der Waals surface area (Å²) in [5.74, 6) is 1.24. The number of anilines is 2. The second kappa shape index (κ2) is 6.23. The van der Waals surface area contributed by atoms with Crippen LogP contribution in [0.15, 0.2) is 39.2 Å². The molecule has 0 aliphatic carbocycles. The standard InChI is InChI=1S/C13H13N5OS2/c1-8(11-14-9(2)18-19-11)20-13-17-16-12(21-13)15-10-6-4-3-5-7-10/h3-8H,1-2H3,(H,15,16). The molecule has 6 nitrogen and oxygen atoms in total. The van der Waals surface area contributed by atoms with Crippen LogP contribution in [0.3, 0.4) is 0 Å². The highest BCUT2D eigenvalue weighted by molar-refractivity contribution is 8.01. The minimum absolute atomic E-state index is 0.0451. The molecule has 3 aromatic rings. The summed E-state index contributed by atoms with van der Waals surface area (Å²) in [4.78, 5) is 4.22. The van der Waals surface area contributed by atoms with Gasteiger partial charge in [0, 0.05) is 5.69 Å². The first-order valence-corrected chi connectivity index (χ1v) is 8.03. The number of nitrogens with zero attached hydrogens (tertiary/aromatic N) is 4. The number of hydrogen-bond donors (Lipinski definition) is 1. The molecule has 108 valence electrons. The minimum Gasteiger partial charge on any atom is -0.338 e. The van der Waals surface area contributed by atoms with E-state index in [4.69, 9.17) is 4.52 Å². The molecule has 0 amide bonds. The van der Waals surface area contributed by atoms with Crippen molar-refractivity contribution in [3.8, 4) is 0 Å². The van der Waals surface area contributed by atoms with Crippen molar-refractivity contribution in [2.24, 2.45) is 0 Å². The van der Waals surface area contributed by atoms with E-state index >= 15 is 0 Å². The maximum absolute atomic E-state index is 5.16. The van der Waals surface area contributed by atoms with Gasteiger partial charge < -0.3 is 9.84 Å². The Kier molecular flexibility index (Phi) is 4.16. The molecule has 0 bridgehead atoms. The molecule has 8 heteroatoms. The van der Waals surface area contributed by atoms with E-state index in [1.165, 1.54) is 11.3 Å². The third kappa shape index (κ3) is 3.59. The summed E-state index contributed by atoms with van der Waals surface area (Å²) in [5, 5.41) is 16.1. The SMILES string of the molecule is Cc1noc(C(C)Sc2nnc(Nc3ccccc3)s2)n1. The number of para-hydroxylation sites is 1. The molecule has 1 atom stereocenters. The lowest BCUT2D eigenvalue weighted by atomic mass is 10.3. The van der Waals surface area contributed by atoms with Gasteiger partial charge in [-0.05, 0) is 26.0 Å². The van der Waals surface area contributed by atoms with Crippen molar-refractivity contribution in [3.63, 3.8) is 0 Å². The third-order valence-electron chi connectivity index (χ3n) is 2.60. The number of nitrogens with one attached hydrogen (secondary N) is 1. The largest absolute Gasteiger partial charge is 0.338 e. The molecule has 1 unspecified atom stereocenters. The summed E-state index contributed by atoms with van der Waals surface area (Å²) in [6.07, 6.45) is 0. The number of rotatable bonds is 5. The first-order chi connectivity index (χ1) is 10.2. The highest BCUT2D eigenvalue weighted by Gasteiger charge is 2.17. The van der Waals surface area contributed by atoms with Crippen LogP contribution in [0, 0.1) is 6.92 Å². The lowest BCUT2D eigenvalue weighted by Gasteiger charge is -2.01. The second-order valence-electron chi connectivity index (χ2n) is 4.30. The highest BCUT2D eigenvalue weighted by Crippen LogP contribution is 2.37. The van der Waals surface area contributed by atoms with E-state index in [-0.39, 0.29) is 5.25 Å². The number of aromatic nitrogens is 4. The van der Waals surface area contributed by atoms with Crippen LogP contribution in [0.1, 0.15) is 23.9 Å². The van der Waals surface area contributed by atoms with Crippen molar-refractivity contribution in [3.05, 3.63) is 42.0 Å². The van der Waals surface area contributed by atoms with E-state index in [2.05, 4.69) is 25.7 Å². The highest BCUT2D eigenvalue weighted by atomic mass is 32.2. The van der Waals surface area contributed by atoms with Crippen molar-refractivity contribution >= 4 is 33.9 Å². The average molecular weight is 319 g/mol. The van der Waals surface area contributed by atoms with Crippen LogP contribution in [0.25, 0.3) is 0 Å². The fraction of sp³-hybridized carbons (Fsp3) is 0.231. The number of aryl methyl sites for hydroxylation is 1. The van der Waals surface area contributed by atoms with Crippen LogP contribution < -0.4 is 5.32 Å². The molecule has 0 aliphatic rings. The van der Waals surface area contributed by atoms with Crippen LogP contribution in [0.4, 0.5) is 10.8 Å². The summed E-state index contributed by atoms with van der Waals surface area (Å²) in [5.41, 5.74) is 0.991. The van der Waals surface area contributed by atoms with Crippen LogP contribution in [-0.2, 0) is 0 Å². The van der Waals surface area contributed by atoms with Gasteiger partial charge in [0.05, 0.1) is 5.25 Å². The van der Waals surface area contributed by atoms with Crippen molar-refractivity contribution in [2.45, 2.75) is 23.4 Å². The number of benzene rings is 1. The van der Waals surface area contributed by atoms with Gasteiger partial charge in [0.2, 0.25) is 11.0 Å². The average Bonchev–Trinajstić information content (AvgIpc) is 3.09. The number of thioether (sulfide) groups is 1. The minimum atomic E-state index is 0.0451. The van der Waals surface area contributed by atoms with Crippen LogP contribution >= 0.6 is 23.1 Å².